The molecule has 0 atom stereocenters. The van der Waals surface area contributed by atoms with E-state index in [1.54, 1.807) is 0 Å². The first-order chi connectivity index (χ1) is 6.12. The van der Waals surface area contributed by atoms with Crippen LogP contribution in [0.15, 0.2) is 0 Å². The average molecular weight is 208 g/mol. The van der Waals surface area contributed by atoms with Gasteiger partial charge in [-0.25, -0.2) is 8.42 Å². The maximum atomic E-state index is 11.2. The predicted molar refractivity (Wildman–Crippen MR) is 55.5 cm³/mol. The molecule has 13 heavy (non-hydrogen) atoms. The molecule has 0 saturated carbocycles. The molecule has 0 fully saturated rings. The normalized spacial score (nSPS) is 11.8. The Morgan fingerprint density at radius 1 is 1.23 bits per heavy atom. The Balaban J connectivity index is 3.41. The van der Waals surface area contributed by atoms with Crippen LogP contribution in [-0.2, 0) is 9.84 Å². The Labute approximate surface area is 80.8 Å². The summed E-state index contributed by atoms with van der Waals surface area (Å²) in [5.74, 6) is 0.539. The molecule has 80 valence electrons. The Kier molecular flexibility index (Phi) is 7.22. The molecule has 0 spiro atoms. The van der Waals surface area contributed by atoms with E-state index in [-0.39, 0.29) is 5.75 Å². The topological polar surface area (TPSA) is 72.2 Å². The highest BCUT2D eigenvalue weighted by molar-refractivity contribution is 7.91. The lowest BCUT2D eigenvalue weighted by molar-refractivity contribution is 0.588. The van der Waals surface area contributed by atoms with Crippen molar-refractivity contribution in [1.29, 1.82) is 0 Å². The van der Waals surface area contributed by atoms with E-state index in [2.05, 4.69) is 5.32 Å². The molecule has 0 aliphatic rings. The van der Waals surface area contributed by atoms with Crippen molar-refractivity contribution < 1.29 is 8.42 Å². The summed E-state index contributed by atoms with van der Waals surface area (Å²) in [6.45, 7) is 3.87. The first kappa shape index (κ1) is 12.9. The van der Waals surface area contributed by atoms with Crippen LogP contribution in [0.3, 0.4) is 0 Å². The minimum absolute atomic E-state index is 0.241. The summed E-state index contributed by atoms with van der Waals surface area (Å²) in [5.41, 5.74) is 5.29. The second-order valence-electron chi connectivity index (χ2n) is 3.04. The van der Waals surface area contributed by atoms with E-state index >= 15 is 0 Å². The Hall–Kier alpha value is -0.130. The van der Waals surface area contributed by atoms with Crippen LogP contribution in [0, 0.1) is 0 Å². The van der Waals surface area contributed by atoms with Gasteiger partial charge in [0.05, 0.1) is 5.75 Å². The minimum Gasteiger partial charge on any atom is -0.330 e. The number of sulfone groups is 1. The van der Waals surface area contributed by atoms with Crippen molar-refractivity contribution >= 4 is 9.84 Å². The number of nitrogens with two attached hydrogens (primary N) is 1. The van der Waals surface area contributed by atoms with Gasteiger partial charge in [0.1, 0.15) is 0 Å². The summed E-state index contributed by atoms with van der Waals surface area (Å²) in [4.78, 5) is 0. The molecule has 0 aliphatic carbocycles. The van der Waals surface area contributed by atoms with Gasteiger partial charge in [-0.1, -0.05) is 6.92 Å². The second kappa shape index (κ2) is 7.29. The smallest absolute Gasteiger partial charge is 0.151 e. The van der Waals surface area contributed by atoms with E-state index < -0.39 is 9.84 Å². The maximum Gasteiger partial charge on any atom is 0.151 e. The third kappa shape index (κ3) is 8.21. The van der Waals surface area contributed by atoms with Gasteiger partial charge in [0.25, 0.3) is 0 Å². The van der Waals surface area contributed by atoms with Crippen molar-refractivity contribution in [2.75, 3.05) is 31.1 Å². The fourth-order valence-corrected chi connectivity index (χ4v) is 2.27. The Bertz CT molecular complexity index is 202. The highest BCUT2D eigenvalue weighted by Crippen LogP contribution is 1.91. The Morgan fingerprint density at radius 3 is 2.46 bits per heavy atom. The van der Waals surface area contributed by atoms with Crippen molar-refractivity contribution in [2.45, 2.75) is 19.8 Å². The van der Waals surface area contributed by atoms with Crippen LogP contribution >= 0.6 is 0 Å². The van der Waals surface area contributed by atoms with Crippen LogP contribution in [0.5, 0.6) is 0 Å². The van der Waals surface area contributed by atoms with E-state index in [9.17, 15) is 8.42 Å². The fraction of sp³-hybridized carbons (Fsp3) is 1.00. The molecule has 0 unspecified atom stereocenters. The van der Waals surface area contributed by atoms with Crippen LogP contribution in [0.25, 0.3) is 0 Å². The molecular weight excluding hydrogens is 188 g/mol. The number of hydrogen-bond acceptors (Lipinski definition) is 4. The zero-order chi connectivity index (χ0) is 10.2. The van der Waals surface area contributed by atoms with Crippen LogP contribution < -0.4 is 11.1 Å². The predicted octanol–water partition coefficient (Wildman–Crippen LogP) is -0.250. The fourth-order valence-electron chi connectivity index (χ4n) is 0.993. The molecular formula is C8H20N2O2S. The van der Waals surface area contributed by atoms with Crippen LogP contribution in [0.4, 0.5) is 0 Å². The number of rotatable bonds is 8. The number of hydrogen-bond donors (Lipinski definition) is 2. The van der Waals surface area contributed by atoms with E-state index in [1.807, 2.05) is 6.92 Å². The van der Waals surface area contributed by atoms with Crippen LogP contribution in [0.2, 0.25) is 0 Å². The lowest BCUT2D eigenvalue weighted by Crippen LogP contribution is -2.26. The molecule has 0 amide bonds. The van der Waals surface area contributed by atoms with Crippen molar-refractivity contribution in [3.8, 4) is 0 Å². The summed E-state index contributed by atoms with van der Waals surface area (Å²) >= 11 is 0. The average Bonchev–Trinajstić information content (AvgIpc) is 2.04. The van der Waals surface area contributed by atoms with Gasteiger partial charge in [-0.05, 0) is 25.9 Å². The lowest BCUT2D eigenvalue weighted by Gasteiger charge is -2.04. The third-order valence-corrected chi connectivity index (χ3v) is 3.52. The molecule has 5 heteroatoms. The van der Waals surface area contributed by atoms with Gasteiger partial charge in [-0.3, -0.25) is 0 Å². The van der Waals surface area contributed by atoms with E-state index in [4.69, 9.17) is 5.73 Å². The molecule has 0 aromatic carbocycles. The minimum atomic E-state index is -2.81. The molecule has 0 saturated heterocycles. The molecule has 0 radical (unpaired) electrons. The first-order valence-corrected chi connectivity index (χ1v) is 6.55. The SMILES string of the molecule is CCCS(=O)(=O)CCNCCCN. The van der Waals surface area contributed by atoms with E-state index in [1.165, 1.54) is 0 Å². The van der Waals surface area contributed by atoms with Crippen molar-refractivity contribution in [2.24, 2.45) is 5.73 Å². The van der Waals surface area contributed by atoms with Crippen LogP contribution in [0.1, 0.15) is 19.8 Å². The summed E-state index contributed by atoms with van der Waals surface area (Å²) < 4.78 is 22.4. The van der Waals surface area contributed by atoms with Gasteiger partial charge in [-0.2, -0.15) is 0 Å². The van der Waals surface area contributed by atoms with Gasteiger partial charge < -0.3 is 11.1 Å². The lowest BCUT2D eigenvalue weighted by atomic mass is 10.4. The molecule has 3 N–H and O–H groups in total. The van der Waals surface area contributed by atoms with E-state index in [0.29, 0.717) is 25.3 Å². The highest BCUT2D eigenvalue weighted by Gasteiger charge is 2.07. The van der Waals surface area contributed by atoms with Gasteiger partial charge in [0.15, 0.2) is 9.84 Å². The quantitative estimate of drug-likeness (QED) is 0.540. The van der Waals surface area contributed by atoms with Gasteiger partial charge in [0, 0.05) is 12.3 Å². The molecule has 4 nitrogen and oxygen atoms in total. The van der Waals surface area contributed by atoms with Crippen molar-refractivity contribution in [3.63, 3.8) is 0 Å². The summed E-state index contributed by atoms with van der Waals surface area (Å²) in [6, 6.07) is 0. The first-order valence-electron chi connectivity index (χ1n) is 4.73. The molecule has 0 aromatic heterocycles. The summed E-state index contributed by atoms with van der Waals surface area (Å²) in [5, 5.41) is 3.04. The highest BCUT2D eigenvalue weighted by atomic mass is 32.2. The van der Waals surface area contributed by atoms with Gasteiger partial charge in [-0.15, -0.1) is 0 Å². The monoisotopic (exact) mass is 208 g/mol. The third-order valence-electron chi connectivity index (χ3n) is 1.66. The largest absolute Gasteiger partial charge is 0.330 e. The second-order valence-corrected chi connectivity index (χ2v) is 5.35. The Morgan fingerprint density at radius 2 is 1.92 bits per heavy atom. The standard InChI is InChI=1S/C8H20N2O2S/c1-2-7-13(11,12)8-6-10-5-3-4-9/h10H,2-9H2,1H3. The van der Waals surface area contributed by atoms with Crippen LogP contribution in [-0.4, -0.2) is 39.6 Å². The van der Waals surface area contributed by atoms with Crippen molar-refractivity contribution in [3.05, 3.63) is 0 Å². The molecule has 0 rings (SSSR count). The molecule has 0 heterocycles. The molecule has 0 aromatic rings. The molecule has 0 bridgehead atoms. The van der Waals surface area contributed by atoms with Crippen molar-refractivity contribution in [1.82, 2.24) is 5.32 Å². The van der Waals surface area contributed by atoms with Gasteiger partial charge in [0.2, 0.25) is 0 Å². The molecule has 0 aliphatic heterocycles. The summed E-state index contributed by atoms with van der Waals surface area (Å²) in [6.07, 6.45) is 1.60. The maximum absolute atomic E-state index is 11.2. The summed E-state index contributed by atoms with van der Waals surface area (Å²) in [7, 11) is -2.81. The zero-order valence-electron chi connectivity index (χ0n) is 8.25. The number of nitrogens with one attached hydrogen (secondary N) is 1. The van der Waals surface area contributed by atoms with Gasteiger partial charge >= 0.3 is 0 Å². The zero-order valence-corrected chi connectivity index (χ0v) is 9.07. The van der Waals surface area contributed by atoms with E-state index in [0.717, 1.165) is 13.0 Å².